The molecular weight excluding hydrogens is 384 g/mol. The number of hydrogen-bond acceptors (Lipinski definition) is 6. The first kappa shape index (κ1) is 24.4. The van der Waals surface area contributed by atoms with E-state index in [4.69, 9.17) is 9.84 Å². The third-order valence-corrected chi connectivity index (χ3v) is 4.09. The van der Waals surface area contributed by atoms with E-state index in [0.717, 1.165) is 35.2 Å². The molecule has 0 radical (unpaired) electrons. The number of thiol groups is 1. The standard InChI is InChI=1S/C20H18N2O2S.C2H6.CH4O/c23-14-16-4-1-3-15(9-16)11-22-12-17-10-18(6-7-20(17)25)24-19-5-2-8-21-13-19;2*1-2/h1-10,13-14,22,25H,11-12H2;1-2H3;2H,1H3. The summed E-state index contributed by atoms with van der Waals surface area (Å²) in [6.07, 6.45) is 4.24. The number of pyridine rings is 1. The van der Waals surface area contributed by atoms with Crippen molar-refractivity contribution in [1.29, 1.82) is 0 Å². The molecule has 154 valence electrons. The number of hydrogen-bond donors (Lipinski definition) is 3. The minimum absolute atomic E-state index is 0.647. The lowest BCUT2D eigenvalue weighted by Crippen LogP contribution is -2.13. The molecule has 3 aromatic rings. The zero-order valence-electron chi connectivity index (χ0n) is 17.0. The summed E-state index contributed by atoms with van der Waals surface area (Å²) in [5.74, 6) is 1.43. The molecule has 1 heterocycles. The van der Waals surface area contributed by atoms with E-state index in [0.29, 0.717) is 24.4 Å². The summed E-state index contributed by atoms with van der Waals surface area (Å²) in [5, 5.41) is 10.4. The molecule has 0 aliphatic heterocycles. The molecule has 2 N–H and O–H groups in total. The second-order valence-corrected chi connectivity index (χ2v) is 6.03. The molecule has 3 rings (SSSR count). The first-order chi connectivity index (χ1) is 14.2. The molecule has 0 bridgehead atoms. The highest BCUT2D eigenvalue weighted by atomic mass is 32.1. The van der Waals surface area contributed by atoms with Crippen molar-refractivity contribution in [2.24, 2.45) is 0 Å². The molecular formula is C23H28N2O3S. The molecule has 29 heavy (non-hydrogen) atoms. The molecule has 0 aliphatic carbocycles. The van der Waals surface area contributed by atoms with E-state index < -0.39 is 0 Å². The number of nitrogens with zero attached hydrogens (tertiary/aromatic N) is 1. The lowest BCUT2D eigenvalue weighted by Gasteiger charge is -2.11. The lowest BCUT2D eigenvalue weighted by molar-refractivity contribution is 0.112. The fraction of sp³-hybridized carbons (Fsp3) is 0.217. The number of aromatic nitrogens is 1. The summed E-state index contributed by atoms with van der Waals surface area (Å²) in [5.41, 5.74) is 2.78. The highest BCUT2D eigenvalue weighted by molar-refractivity contribution is 7.80. The van der Waals surface area contributed by atoms with Gasteiger partial charge >= 0.3 is 0 Å². The van der Waals surface area contributed by atoms with Crippen LogP contribution in [0.1, 0.15) is 35.3 Å². The van der Waals surface area contributed by atoms with E-state index in [1.165, 1.54) is 0 Å². The summed E-state index contributed by atoms with van der Waals surface area (Å²) < 4.78 is 5.81. The van der Waals surface area contributed by atoms with Crippen molar-refractivity contribution in [3.05, 3.63) is 83.7 Å². The molecule has 0 aliphatic rings. The first-order valence-electron chi connectivity index (χ1n) is 9.34. The van der Waals surface area contributed by atoms with Crippen LogP contribution < -0.4 is 10.1 Å². The Kier molecular flexibility index (Phi) is 12.1. The average Bonchev–Trinajstić information content (AvgIpc) is 2.79. The number of aliphatic hydroxyl groups is 1. The maximum atomic E-state index is 10.8. The Balaban J connectivity index is 0.000000989. The van der Waals surface area contributed by atoms with Crippen molar-refractivity contribution < 1.29 is 14.6 Å². The molecule has 1 aromatic heterocycles. The summed E-state index contributed by atoms with van der Waals surface area (Å²) in [6.45, 7) is 5.32. The van der Waals surface area contributed by atoms with Crippen LogP contribution in [0.2, 0.25) is 0 Å². The minimum atomic E-state index is 0.647. The summed E-state index contributed by atoms with van der Waals surface area (Å²) >= 11 is 4.51. The fourth-order valence-electron chi connectivity index (χ4n) is 2.43. The van der Waals surface area contributed by atoms with E-state index in [9.17, 15) is 4.79 Å². The van der Waals surface area contributed by atoms with Crippen molar-refractivity contribution in [2.75, 3.05) is 7.11 Å². The molecule has 0 saturated heterocycles. The van der Waals surface area contributed by atoms with E-state index in [1.807, 2.05) is 62.4 Å². The fourth-order valence-corrected chi connectivity index (χ4v) is 2.65. The van der Waals surface area contributed by atoms with Gasteiger partial charge in [0.05, 0.1) is 6.20 Å². The average molecular weight is 413 g/mol. The number of nitrogens with one attached hydrogen (secondary N) is 1. The van der Waals surface area contributed by atoms with Crippen molar-refractivity contribution in [3.8, 4) is 11.5 Å². The zero-order chi connectivity index (χ0) is 21.5. The number of aldehydes is 1. The Hall–Kier alpha value is -2.67. The molecule has 0 amide bonds. The number of aliphatic hydroxyl groups excluding tert-OH is 1. The van der Waals surface area contributed by atoms with Crippen LogP contribution in [0.5, 0.6) is 11.5 Å². The predicted octanol–water partition coefficient (Wildman–Crippen LogP) is 4.90. The molecule has 0 atom stereocenters. The van der Waals surface area contributed by atoms with Crippen LogP contribution >= 0.6 is 12.6 Å². The van der Waals surface area contributed by atoms with E-state index in [-0.39, 0.29) is 0 Å². The maximum absolute atomic E-state index is 10.8. The van der Waals surface area contributed by atoms with Gasteiger partial charge in [-0.25, -0.2) is 0 Å². The molecule has 2 aromatic carbocycles. The van der Waals surface area contributed by atoms with Crippen LogP contribution in [-0.2, 0) is 13.1 Å². The number of benzene rings is 2. The maximum Gasteiger partial charge on any atom is 0.150 e. The van der Waals surface area contributed by atoms with Crippen LogP contribution in [0.4, 0.5) is 0 Å². The van der Waals surface area contributed by atoms with Crippen molar-refractivity contribution in [3.63, 3.8) is 0 Å². The Morgan fingerprint density at radius 2 is 1.83 bits per heavy atom. The molecule has 6 heteroatoms. The summed E-state index contributed by atoms with van der Waals surface area (Å²) in [4.78, 5) is 15.8. The van der Waals surface area contributed by atoms with Crippen molar-refractivity contribution >= 4 is 18.9 Å². The van der Waals surface area contributed by atoms with Gasteiger partial charge in [-0.15, -0.1) is 12.6 Å². The Bertz CT molecular complexity index is 858. The SMILES string of the molecule is CC.CO.O=Cc1cccc(CNCc2cc(Oc3cccnc3)ccc2S)c1. The summed E-state index contributed by atoms with van der Waals surface area (Å²) in [6, 6.07) is 17.0. The number of carbonyl (C=O) groups excluding carboxylic acids is 1. The third-order valence-electron chi connectivity index (χ3n) is 3.65. The molecule has 0 unspecified atom stereocenters. The zero-order valence-corrected chi connectivity index (χ0v) is 17.9. The molecule has 0 spiro atoms. The van der Waals surface area contributed by atoms with Gasteiger partial charge in [0.2, 0.25) is 0 Å². The normalized spacial score (nSPS) is 9.41. The van der Waals surface area contributed by atoms with E-state index >= 15 is 0 Å². The lowest BCUT2D eigenvalue weighted by atomic mass is 10.1. The van der Waals surface area contributed by atoms with Gasteiger partial charge in [-0.05, 0) is 47.5 Å². The van der Waals surface area contributed by atoms with Gasteiger partial charge < -0.3 is 15.2 Å². The van der Waals surface area contributed by atoms with E-state index in [1.54, 1.807) is 18.5 Å². The Labute approximate surface area is 178 Å². The minimum Gasteiger partial charge on any atom is -0.456 e. The second-order valence-electron chi connectivity index (χ2n) is 5.55. The van der Waals surface area contributed by atoms with Gasteiger partial charge in [0.25, 0.3) is 0 Å². The monoisotopic (exact) mass is 412 g/mol. The van der Waals surface area contributed by atoms with Crippen molar-refractivity contribution in [1.82, 2.24) is 10.3 Å². The number of rotatable bonds is 7. The van der Waals surface area contributed by atoms with Gasteiger partial charge in [-0.3, -0.25) is 9.78 Å². The van der Waals surface area contributed by atoms with Gasteiger partial charge in [-0.2, -0.15) is 0 Å². The van der Waals surface area contributed by atoms with Gasteiger partial charge in [0.15, 0.2) is 0 Å². The van der Waals surface area contributed by atoms with Gasteiger partial charge in [0.1, 0.15) is 17.8 Å². The Morgan fingerprint density at radius 3 is 2.52 bits per heavy atom. The summed E-state index contributed by atoms with van der Waals surface area (Å²) in [7, 11) is 1.00. The highest BCUT2D eigenvalue weighted by Gasteiger charge is 2.04. The van der Waals surface area contributed by atoms with Gasteiger partial charge in [0, 0.05) is 36.9 Å². The predicted molar refractivity (Wildman–Crippen MR) is 120 cm³/mol. The number of ether oxygens (including phenoxy) is 1. The van der Waals surface area contributed by atoms with Crippen LogP contribution in [0.25, 0.3) is 0 Å². The second kappa shape index (κ2) is 14.3. The van der Waals surface area contributed by atoms with E-state index in [2.05, 4.69) is 22.9 Å². The molecule has 0 saturated carbocycles. The van der Waals surface area contributed by atoms with Gasteiger partial charge in [-0.1, -0.05) is 32.0 Å². The van der Waals surface area contributed by atoms with Crippen LogP contribution in [0, 0.1) is 0 Å². The molecule has 0 fully saturated rings. The highest BCUT2D eigenvalue weighted by Crippen LogP contribution is 2.25. The smallest absolute Gasteiger partial charge is 0.150 e. The van der Waals surface area contributed by atoms with Crippen LogP contribution in [0.15, 0.2) is 71.9 Å². The quantitative estimate of drug-likeness (QED) is 0.380. The largest absolute Gasteiger partial charge is 0.456 e. The van der Waals surface area contributed by atoms with Crippen molar-refractivity contribution in [2.45, 2.75) is 31.8 Å². The van der Waals surface area contributed by atoms with Crippen LogP contribution in [0.3, 0.4) is 0 Å². The van der Waals surface area contributed by atoms with Crippen LogP contribution in [-0.4, -0.2) is 23.5 Å². The Morgan fingerprint density at radius 1 is 1.03 bits per heavy atom. The molecule has 5 nitrogen and oxygen atoms in total. The topological polar surface area (TPSA) is 71.5 Å². The third kappa shape index (κ3) is 8.48. The first-order valence-corrected chi connectivity index (χ1v) is 9.78. The number of carbonyl (C=O) groups is 1.